The number of rotatable bonds is 6. The fourth-order valence-corrected chi connectivity index (χ4v) is 3.53. The largest absolute Gasteiger partial charge is 0.361 e. The van der Waals surface area contributed by atoms with Gasteiger partial charge in [-0.1, -0.05) is 66.7 Å². The highest BCUT2D eigenvalue weighted by atomic mass is 16.2. The van der Waals surface area contributed by atoms with E-state index in [1.807, 2.05) is 92.0 Å². The number of carbonyl (C=O) groups excluding carboxylic acids is 2. The van der Waals surface area contributed by atoms with E-state index in [1.165, 1.54) is 0 Å². The van der Waals surface area contributed by atoms with Gasteiger partial charge in [-0.2, -0.15) is 0 Å². The fraction of sp³-hybridized carbons (Fsp3) is 0.120. The molecule has 0 radical (unpaired) electrons. The molecule has 0 saturated carbocycles. The second-order valence-electron chi connectivity index (χ2n) is 7.25. The van der Waals surface area contributed by atoms with Crippen molar-refractivity contribution in [2.24, 2.45) is 0 Å². The Morgan fingerprint density at radius 1 is 0.900 bits per heavy atom. The smallest absolute Gasteiger partial charge is 0.251 e. The van der Waals surface area contributed by atoms with E-state index in [0.717, 1.165) is 33.3 Å². The number of aryl methyl sites for hydroxylation is 1. The second kappa shape index (κ2) is 8.66. The molecule has 4 rings (SSSR count). The van der Waals surface area contributed by atoms with Gasteiger partial charge in [0.05, 0.1) is 6.42 Å². The number of H-pyrrole nitrogens is 1. The molecule has 1 heterocycles. The summed E-state index contributed by atoms with van der Waals surface area (Å²) in [4.78, 5) is 29.1. The summed E-state index contributed by atoms with van der Waals surface area (Å²) < 4.78 is 0. The topological polar surface area (TPSA) is 74.0 Å². The van der Waals surface area contributed by atoms with Gasteiger partial charge in [0.2, 0.25) is 5.91 Å². The Labute approximate surface area is 175 Å². The van der Waals surface area contributed by atoms with Crippen molar-refractivity contribution in [3.63, 3.8) is 0 Å². The van der Waals surface area contributed by atoms with Crippen molar-refractivity contribution in [3.8, 4) is 0 Å². The molecule has 1 atom stereocenters. The van der Waals surface area contributed by atoms with Crippen LogP contribution in [0.15, 0.2) is 85.1 Å². The van der Waals surface area contributed by atoms with Gasteiger partial charge in [-0.3, -0.25) is 9.59 Å². The van der Waals surface area contributed by atoms with Crippen LogP contribution in [0.2, 0.25) is 0 Å². The van der Waals surface area contributed by atoms with E-state index < -0.39 is 6.04 Å². The number of anilines is 1. The Bertz CT molecular complexity index is 1180. The van der Waals surface area contributed by atoms with Gasteiger partial charge in [0.1, 0.15) is 6.04 Å². The van der Waals surface area contributed by atoms with Gasteiger partial charge in [0.25, 0.3) is 5.91 Å². The predicted octanol–water partition coefficient (Wildman–Crippen LogP) is 4.52. The van der Waals surface area contributed by atoms with Gasteiger partial charge in [0.15, 0.2) is 0 Å². The highest BCUT2D eigenvalue weighted by Gasteiger charge is 2.23. The van der Waals surface area contributed by atoms with Crippen molar-refractivity contribution in [2.45, 2.75) is 19.4 Å². The molecule has 3 N–H and O–H groups in total. The summed E-state index contributed by atoms with van der Waals surface area (Å²) in [7, 11) is 0. The van der Waals surface area contributed by atoms with E-state index in [0.29, 0.717) is 0 Å². The minimum atomic E-state index is -0.788. The summed E-state index contributed by atoms with van der Waals surface area (Å²) in [5.74, 6) is -0.490. The highest BCUT2D eigenvalue weighted by molar-refractivity contribution is 5.99. The number of benzene rings is 3. The third kappa shape index (κ3) is 4.25. The predicted molar refractivity (Wildman–Crippen MR) is 119 cm³/mol. The molecule has 0 saturated heterocycles. The summed E-state index contributed by atoms with van der Waals surface area (Å²) in [6, 6.07) is 23.9. The molecule has 2 amide bonds. The Morgan fingerprint density at radius 3 is 2.40 bits per heavy atom. The number of fused-ring (bicyclic) bond motifs is 1. The Morgan fingerprint density at radius 2 is 1.60 bits per heavy atom. The van der Waals surface area contributed by atoms with Crippen LogP contribution < -0.4 is 10.6 Å². The summed E-state index contributed by atoms with van der Waals surface area (Å²) in [5.41, 5.74) is 4.30. The van der Waals surface area contributed by atoms with Crippen LogP contribution in [0.25, 0.3) is 10.9 Å². The van der Waals surface area contributed by atoms with Crippen LogP contribution in [0.3, 0.4) is 0 Å². The van der Waals surface area contributed by atoms with Crippen molar-refractivity contribution in [2.75, 3.05) is 5.32 Å². The molecular formula is C25H23N3O2. The van der Waals surface area contributed by atoms with E-state index >= 15 is 0 Å². The minimum Gasteiger partial charge on any atom is -0.361 e. The molecule has 0 spiro atoms. The van der Waals surface area contributed by atoms with Crippen molar-refractivity contribution in [1.29, 1.82) is 0 Å². The number of amides is 2. The van der Waals surface area contributed by atoms with Crippen molar-refractivity contribution in [1.82, 2.24) is 10.3 Å². The quantitative estimate of drug-likeness (QED) is 0.448. The number of carbonyl (C=O) groups is 2. The van der Waals surface area contributed by atoms with E-state index in [-0.39, 0.29) is 18.2 Å². The lowest BCUT2D eigenvalue weighted by molar-refractivity contribution is -0.126. The first-order valence-electron chi connectivity index (χ1n) is 9.87. The molecule has 1 aromatic heterocycles. The molecule has 5 heteroatoms. The number of aromatic amines is 1. The third-order valence-electron chi connectivity index (χ3n) is 5.13. The van der Waals surface area contributed by atoms with E-state index in [4.69, 9.17) is 0 Å². The highest BCUT2D eigenvalue weighted by Crippen LogP contribution is 2.21. The molecular weight excluding hydrogens is 374 g/mol. The average molecular weight is 397 g/mol. The van der Waals surface area contributed by atoms with Crippen LogP contribution in [-0.4, -0.2) is 16.8 Å². The lowest BCUT2D eigenvalue weighted by atomic mass is 10.0. The Kier molecular flexibility index (Phi) is 5.61. The van der Waals surface area contributed by atoms with E-state index in [1.54, 1.807) is 0 Å². The SMILES string of the molecule is Cc1ccccc1NC(=O)[C@H](NC(=O)Cc1c[nH]c2ccccc12)c1ccccc1. The van der Waals surface area contributed by atoms with Crippen molar-refractivity contribution in [3.05, 3.63) is 102 Å². The molecule has 30 heavy (non-hydrogen) atoms. The number of para-hydroxylation sites is 2. The van der Waals surface area contributed by atoms with Gasteiger partial charge >= 0.3 is 0 Å². The molecule has 4 aromatic rings. The normalized spacial score (nSPS) is 11.8. The van der Waals surface area contributed by atoms with Crippen LogP contribution in [-0.2, 0) is 16.0 Å². The number of aromatic nitrogens is 1. The Hall–Kier alpha value is -3.86. The maximum Gasteiger partial charge on any atom is 0.251 e. The van der Waals surface area contributed by atoms with Gasteiger partial charge in [-0.15, -0.1) is 0 Å². The molecule has 0 bridgehead atoms. The van der Waals surface area contributed by atoms with E-state index in [9.17, 15) is 9.59 Å². The monoisotopic (exact) mass is 397 g/mol. The van der Waals surface area contributed by atoms with Gasteiger partial charge in [-0.05, 0) is 35.7 Å². The van der Waals surface area contributed by atoms with Gasteiger partial charge in [0, 0.05) is 22.8 Å². The molecule has 150 valence electrons. The summed E-state index contributed by atoms with van der Waals surface area (Å²) in [6.45, 7) is 1.93. The third-order valence-corrected chi connectivity index (χ3v) is 5.13. The summed E-state index contributed by atoms with van der Waals surface area (Å²) in [5, 5.41) is 6.86. The van der Waals surface area contributed by atoms with Gasteiger partial charge in [-0.25, -0.2) is 0 Å². The molecule has 5 nitrogen and oxygen atoms in total. The molecule has 0 unspecified atom stereocenters. The average Bonchev–Trinajstić information content (AvgIpc) is 3.17. The first-order valence-corrected chi connectivity index (χ1v) is 9.87. The standard InChI is InChI=1S/C25H23N3O2/c1-17-9-5-7-13-21(17)27-25(30)24(18-10-3-2-4-11-18)28-23(29)15-19-16-26-22-14-8-6-12-20(19)22/h2-14,16,24,26H,15H2,1H3,(H,27,30)(H,28,29)/t24-/m1/s1. The van der Waals surface area contributed by atoms with Crippen molar-refractivity contribution < 1.29 is 9.59 Å². The first-order chi connectivity index (χ1) is 14.6. The van der Waals surface area contributed by atoms with Crippen LogP contribution in [0.5, 0.6) is 0 Å². The minimum absolute atomic E-state index is 0.186. The Balaban J connectivity index is 1.55. The lowest BCUT2D eigenvalue weighted by Gasteiger charge is -2.19. The fourth-order valence-electron chi connectivity index (χ4n) is 3.53. The van der Waals surface area contributed by atoms with Crippen LogP contribution in [0.4, 0.5) is 5.69 Å². The van der Waals surface area contributed by atoms with E-state index in [2.05, 4.69) is 15.6 Å². The molecule has 0 aliphatic rings. The van der Waals surface area contributed by atoms with Crippen molar-refractivity contribution >= 4 is 28.4 Å². The van der Waals surface area contributed by atoms with Crippen LogP contribution in [0.1, 0.15) is 22.7 Å². The number of hydrogen-bond acceptors (Lipinski definition) is 2. The zero-order valence-electron chi connectivity index (χ0n) is 16.7. The molecule has 0 fully saturated rings. The van der Waals surface area contributed by atoms with Crippen LogP contribution in [0, 0.1) is 6.92 Å². The summed E-state index contributed by atoms with van der Waals surface area (Å²) >= 11 is 0. The first kappa shape index (κ1) is 19.5. The maximum atomic E-state index is 13.1. The second-order valence-corrected chi connectivity index (χ2v) is 7.25. The van der Waals surface area contributed by atoms with Crippen LogP contribution >= 0.6 is 0 Å². The molecule has 0 aliphatic heterocycles. The molecule has 3 aromatic carbocycles. The molecule has 0 aliphatic carbocycles. The maximum absolute atomic E-state index is 13.1. The summed E-state index contributed by atoms with van der Waals surface area (Å²) in [6.07, 6.45) is 2.03. The zero-order chi connectivity index (χ0) is 20.9. The lowest BCUT2D eigenvalue weighted by Crippen LogP contribution is -2.37. The number of hydrogen-bond donors (Lipinski definition) is 3. The van der Waals surface area contributed by atoms with Gasteiger partial charge < -0.3 is 15.6 Å². The number of nitrogens with one attached hydrogen (secondary N) is 3. The zero-order valence-corrected chi connectivity index (χ0v) is 16.7.